The van der Waals surface area contributed by atoms with E-state index < -0.39 is 5.54 Å². The maximum atomic E-state index is 11.3. The molecule has 1 aromatic rings. The molecule has 1 aromatic carbocycles. The fraction of sp³-hybridized carbons (Fsp3) is 0.400. The minimum Gasteiger partial charge on any atom is -0.704 e. The molecule has 4 heteroatoms. The van der Waals surface area contributed by atoms with Crippen molar-refractivity contribution in [3.05, 3.63) is 46.0 Å². The highest BCUT2D eigenvalue weighted by Crippen LogP contribution is 2.42. The monoisotopic (exact) mass is 192 g/mol. The Morgan fingerprint density at radius 1 is 1.36 bits per heavy atom. The van der Waals surface area contributed by atoms with E-state index in [9.17, 15) is 10.1 Å². The van der Waals surface area contributed by atoms with Crippen molar-refractivity contribution in [2.45, 2.75) is 25.4 Å². The molecule has 0 aromatic heterocycles. The molecule has 1 unspecified atom stereocenters. The Bertz CT molecular complexity index is 362. The molecule has 2 rings (SSSR count). The van der Waals surface area contributed by atoms with E-state index in [2.05, 4.69) is 0 Å². The van der Waals surface area contributed by atoms with E-state index in [4.69, 9.17) is 0 Å². The fourth-order valence-corrected chi connectivity index (χ4v) is 1.85. The summed E-state index contributed by atoms with van der Waals surface area (Å²) in [7, 11) is 0. The molecule has 0 N–H and O–H groups in total. The lowest BCUT2D eigenvalue weighted by molar-refractivity contribution is -0.825. The first-order valence-corrected chi connectivity index (χ1v) is 4.53. The molecular formula is C10H12N2O2. The van der Waals surface area contributed by atoms with Crippen molar-refractivity contribution < 1.29 is 4.87 Å². The van der Waals surface area contributed by atoms with Gasteiger partial charge in [0, 0.05) is 5.56 Å². The minimum atomic E-state index is -0.636. The molecule has 0 bridgehead atoms. The highest BCUT2D eigenvalue weighted by Gasteiger charge is 2.59. The number of hydroxylamine groups is 1. The van der Waals surface area contributed by atoms with Crippen LogP contribution in [0.3, 0.4) is 0 Å². The summed E-state index contributed by atoms with van der Waals surface area (Å²) in [4.78, 5) is 11.8. The fourth-order valence-electron chi connectivity index (χ4n) is 1.85. The van der Waals surface area contributed by atoms with Crippen LogP contribution in [0.5, 0.6) is 0 Å². The van der Waals surface area contributed by atoms with Gasteiger partial charge in [-0.25, -0.2) is 0 Å². The maximum absolute atomic E-state index is 11.3. The Labute approximate surface area is 82.3 Å². The lowest BCUT2D eigenvalue weighted by Crippen LogP contribution is -2.64. The summed E-state index contributed by atoms with van der Waals surface area (Å²) in [5.41, 5.74) is 0.253. The van der Waals surface area contributed by atoms with Crippen molar-refractivity contribution in [1.29, 1.82) is 0 Å². The number of benzene rings is 1. The molecule has 0 saturated carbocycles. The average molecular weight is 192 g/mol. The Morgan fingerprint density at radius 2 is 1.93 bits per heavy atom. The molecule has 1 aliphatic heterocycles. The van der Waals surface area contributed by atoms with E-state index in [1.165, 1.54) is 0 Å². The number of hydrogen-bond donors (Lipinski definition) is 0. The molecule has 0 amide bonds. The Hall–Kier alpha value is -1.42. The van der Waals surface area contributed by atoms with Crippen molar-refractivity contribution in [1.82, 2.24) is 5.17 Å². The van der Waals surface area contributed by atoms with Gasteiger partial charge in [-0.1, -0.05) is 30.3 Å². The van der Waals surface area contributed by atoms with E-state index in [0.717, 1.165) is 5.56 Å². The summed E-state index contributed by atoms with van der Waals surface area (Å²) in [6.45, 7) is 3.54. The molecule has 4 nitrogen and oxygen atoms in total. The van der Waals surface area contributed by atoms with Crippen molar-refractivity contribution in [3.63, 3.8) is 0 Å². The molecule has 1 saturated heterocycles. The average Bonchev–Trinajstić information content (AvgIpc) is 2.18. The topological polar surface area (TPSA) is 46.4 Å². The molecule has 1 fully saturated rings. The molecule has 0 radical (unpaired) electrons. The van der Waals surface area contributed by atoms with E-state index in [1.54, 1.807) is 13.8 Å². The predicted molar refractivity (Wildman–Crippen MR) is 52.1 cm³/mol. The van der Waals surface area contributed by atoms with Gasteiger partial charge in [0.2, 0.25) is 0 Å². The second-order valence-corrected chi connectivity index (χ2v) is 4.04. The number of hydrogen-bond acceptors (Lipinski definition) is 2. The van der Waals surface area contributed by atoms with Crippen LogP contribution in [-0.4, -0.2) is 15.6 Å². The predicted octanol–water partition coefficient (Wildman–Crippen LogP) is 2.01. The lowest BCUT2D eigenvalue weighted by atomic mass is 9.85. The van der Waals surface area contributed by atoms with Crippen LogP contribution in [0.15, 0.2) is 30.3 Å². The standard InChI is InChI=1S/C10H12N2O2/c1-10(2)9(11(13)12(10)14)8-6-4-3-5-7-8/h3-7,9H,1-2H3. The molecule has 1 atom stereocenters. The number of rotatable bonds is 1. The lowest BCUT2D eigenvalue weighted by Gasteiger charge is -2.47. The zero-order valence-corrected chi connectivity index (χ0v) is 8.18. The summed E-state index contributed by atoms with van der Waals surface area (Å²) >= 11 is 0. The first kappa shape index (κ1) is 9.15. The maximum Gasteiger partial charge on any atom is 0.285 e. The van der Waals surface area contributed by atoms with Crippen LogP contribution in [0.4, 0.5) is 0 Å². The minimum absolute atomic E-state index is 0.360. The van der Waals surface area contributed by atoms with Gasteiger partial charge < -0.3 is 5.21 Å². The summed E-state index contributed by atoms with van der Waals surface area (Å²) in [5, 5.41) is 11.7. The van der Waals surface area contributed by atoms with E-state index in [1.807, 2.05) is 30.3 Å². The van der Waals surface area contributed by atoms with Crippen molar-refractivity contribution in [3.8, 4) is 0 Å². The molecule has 1 heterocycles. The third kappa shape index (κ3) is 1.04. The first-order chi connectivity index (χ1) is 6.55. The molecule has 74 valence electrons. The van der Waals surface area contributed by atoms with Gasteiger partial charge in [-0.05, 0) is 13.8 Å². The Balaban J connectivity index is 2.34. The normalized spacial score (nSPS) is 24.6. The zero-order valence-electron chi connectivity index (χ0n) is 8.18. The van der Waals surface area contributed by atoms with Crippen LogP contribution in [0.2, 0.25) is 0 Å². The van der Waals surface area contributed by atoms with Crippen molar-refractivity contribution >= 4 is 0 Å². The quantitative estimate of drug-likeness (QED) is 0.639. The highest BCUT2D eigenvalue weighted by molar-refractivity contribution is 5.22. The van der Waals surface area contributed by atoms with Crippen molar-refractivity contribution in [2.75, 3.05) is 0 Å². The zero-order chi connectivity index (χ0) is 10.3. The molecule has 0 spiro atoms. The summed E-state index contributed by atoms with van der Waals surface area (Å²) < 4.78 is 0. The summed E-state index contributed by atoms with van der Waals surface area (Å²) in [5.74, 6) is 0. The van der Waals surface area contributed by atoms with Crippen LogP contribution in [0.1, 0.15) is 25.5 Å². The molecule has 14 heavy (non-hydrogen) atoms. The third-order valence-electron chi connectivity index (χ3n) is 2.68. The second-order valence-electron chi connectivity index (χ2n) is 4.04. The Morgan fingerprint density at radius 3 is 2.43 bits per heavy atom. The van der Waals surface area contributed by atoms with Crippen LogP contribution in [-0.2, 0) is 0 Å². The van der Waals surface area contributed by atoms with E-state index in [0.29, 0.717) is 10.0 Å². The molecular weight excluding hydrogens is 180 g/mol. The molecule has 1 aliphatic rings. The van der Waals surface area contributed by atoms with Crippen LogP contribution in [0.25, 0.3) is 0 Å². The Kier molecular flexibility index (Phi) is 1.82. The van der Waals surface area contributed by atoms with Gasteiger partial charge in [0.1, 0.15) is 4.87 Å². The number of hydrazine groups is 1. The summed E-state index contributed by atoms with van der Waals surface area (Å²) in [6.07, 6.45) is 0. The van der Waals surface area contributed by atoms with Crippen LogP contribution >= 0.6 is 0 Å². The SMILES string of the molecule is CC1(C)C(c2ccccc2)[N+](=O)N1[O-]. The third-order valence-corrected chi connectivity index (χ3v) is 2.68. The molecule has 0 aliphatic carbocycles. The van der Waals surface area contributed by atoms with Gasteiger partial charge in [0.25, 0.3) is 6.04 Å². The van der Waals surface area contributed by atoms with Gasteiger partial charge in [-0.2, -0.15) is 5.17 Å². The van der Waals surface area contributed by atoms with Gasteiger partial charge >= 0.3 is 0 Å². The van der Waals surface area contributed by atoms with Gasteiger partial charge in [0.15, 0.2) is 5.54 Å². The van der Waals surface area contributed by atoms with Gasteiger partial charge in [0.05, 0.1) is 4.91 Å². The summed E-state index contributed by atoms with van der Waals surface area (Å²) in [6, 6.07) is 8.99. The smallest absolute Gasteiger partial charge is 0.285 e. The van der Waals surface area contributed by atoms with E-state index >= 15 is 0 Å². The van der Waals surface area contributed by atoms with Crippen molar-refractivity contribution in [2.24, 2.45) is 0 Å². The van der Waals surface area contributed by atoms with Gasteiger partial charge in [-0.3, -0.25) is 0 Å². The highest BCUT2D eigenvalue weighted by atomic mass is 16.6. The van der Waals surface area contributed by atoms with Crippen LogP contribution < -0.4 is 0 Å². The van der Waals surface area contributed by atoms with E-state index in [-0.39, 0.29) is 6.04 Å². The van der Waals surface area contributed by atoms with Crippen LogP contribution in [0, 0.1) is 10.1 Å². The first-order valence-electron chi connectivity index (χ1n) is 4.53. The largest absolute Gasteiger partial charge is 0.704 e. The number of nitroso groups, excluding NO2 is 1. The number of nitrogens with zero attached hydrogens (tertiary/aromatic N) is 2. The van der Waals surface area contributed by atoms with Gasteiger partial charge in [-0.15, -0.1) is 0 Å². The second kappa shape index (κ2) is 2.78.